The van der Waals surface area contributed by atoms with Crippen molar-refractivity contribution in [1.82, 2.24) is 10.2 Å². The lowest BCUT2D eigenvalue weighted by atomic mass is 10.5. The highest BCUT2D eigenvalue weighted by molar-refractivity contribution is 8.00. The molecule has 13 heavy (non-hydrogen) atoms. The summed E-state index contributed by atoms with van der Waals surface area (Å²) in [5.41, 5.74) is 1.74. The molecule has 0 amide bonds. The van der Waals surface area contributed by atoms with Crippen molar-refractivity contribution < 1.29 is 9.47 Å². The van der Waals surface area contributed by atoms with E-state index in [-0.39, 0.29) is 6.29 Å². The Morgan fingerprint density at radius 3 is 3.08 bits per heavy atom. The van der Waals surface area contributed by atoms with Gasteiger partial charge in [-0.3, -0.25) is 0 Å². The molecule has 0 unspecified atom stereocenters. The van der Waals surface area contributed by atoms with Crippen LogP contribution in [0.2, 0.25) is 0 Å². The van der Waals surface area contributed by atoms with E-state index in [0.717, 1.165) is 29.7 Å². The van der Waals surface area contributed by atoms with Crippen LogP contribution in [0, 0.1) is 0 Å². The van der Waals surface area contributed by atoms with Crippen LogP contribution in [-0.4, -0.2) is 35.5 Å². The molecule has 1 aromatic heterocycles. The maximum atomic E-state index is 5.30. The van der Waals surface area contributed by atoms with Crippen molar-refractivity contribution in [2.45, 2.75) is 17.1 Å². The van der Waals surface area contributed by atoms with Crippen molar-refractivity contribution >= 4 is 23.1 Å². The van der Waals surface area contributed by atoms with Crippen molar-refractivity contribution in [1.29, 1.82) is 0 Å². The average Bonchev–Trinajstić information content (AvgIpc) is 2.75. The molecule has 1 aliphatic heterocycles. The van der Waals surface area contributed by atoms with Crippen LogP contribution < -0.4 is 0 Å². The van der Waals surface area contributed by atoms with Gasteiger partial charge in [-0.05, 0) is 0 Å². The molecular weight excluding hydrogens is 208 g/mol. The Hall–Kier alpha value is -0.170. The molecule has 1 saturated heterocycles. The summed E-state index contributed by atoms with van der Waals surface area (Å²) in [4.78, 5) is 0. The van der Waals surface area contributed by atoms with Gasteiger partial charge in [0.15, 0.2) is 10.6 Å². The molecule has 4 nitrogen and oxygen atoms in total. The number of hydrogen-bond donors (Lipinski definition) is 0. The largest absolute Gasteiger partial charge is 0.350 e. The van der Waals surface area contributed by atoms with Crippen LogP contribution in [0.1, 0.15) is 6.42 Å². The molecule has 0 spiro atoms. The zero-order valence-electron chi connectivity index (χ0n) is 7.01. The highest BCUT2D eigenvalue weighted by Gasteiger charge is 2.15. The van der Waals surface area contributed by atoms with Gasteiger partial charge in [-0.2, -0.15) is 0 Å². The van der Waals surface area contributed by atoms with Gasteiger partial charge in [0.2, 0.25) is 0 Å². The number of hydrogen-bond acceptors (Lipinski definition) is 6. The first-order valence-electron chi connectivity index (χ1n) is 4.07. The van der Waals surface area contributed by atoms with E-state index in [2.05, 4.69) is 10.2 Å². The minimum atomic E-state index is 0.000390. The number of thioether (sulfide) groups is 1. The van der Waals surface area contributed by atoms with Gasteiger partial charge in [0, 0.05) is 12.2 Å². The molecule has 0 saturated carbocycles. The zero-order valence-corrected chi connectivity index (χ0v) is 8.64. The van der Waals surface area contributed by atoms with E-state index in [1.165, 1.54) is 0 Å². The van der Waals surface area contributed by atoms with Gasteiger partial charge < -0.3 is 9.47 Å². The SMILES string of the molecule is c1nnc(SCCC2OCCO2)s1. The van der Waals surface area contributed by atoms with Crippen molar-refractivity contribution in [3.8, 4) is 0 Å². The van der Waals surface area contributed by atoms with Gasteiger partial charge in [0.25, 0.3) is 0 Å². The Kier molecular flexibility index (Phi) is 3.54. The number of ether oxygens (including phenoxy) is 2. The molecule has 2 rings (SSSR count). The van der Waals surface area contributed by atoms with Crippen LogP contribution in [0.4, 0.5) is 0 Å². The van der Waals surface area contributed by atoms with Gasteiger partial charge in [-0.15, -0.1) is 10.2 Å². The van der Waals surface area contributed by atoms with Crippen molar-refractivity contribution in [3.05, 3.63) is 5.51 Å². The summed E-state index contributed by atoms with van der Waals surface area (Å²) in [6, 6.07) is 0. The van der Waals surface area contributed by atoms with Crippen LogP contribution in [0.15, 0.2) is 9.85 Å². The Bertz CT molecular complexity index is 237. The normalized spacial score (nSPS) is 18.2. The van der Waals surface area contributed by atoms with E-state index in [1.54, 1.807) is 28.6 Å². The maximum absolute atomic E-state index is 5.30. The molecule has 72 valence electrons. The molecule has 0 radical (unpaired) electrons. The second-order valence-corrected chi connectivity index (χ2v) is 4.69. The highest BCUT2D eigenvalue weighted by Crippen LogP contribution is 2.21. The Balaban J connectivity index is 1.63. The van der Waals surface area contributed by atoms with E-state index >= 15 is 0 Å². The van der Waals surface area contributed by atoms with Gasteiger partial charge >= 0.3 is 0 Å². The van der Waals surface area contributed by atoms with Gasteiger partial charge in [-0.25, -0.2) is 0 Å². The number of rotatable bonds is 4. The van der Waals surface area contributed by atoms with Gasteiger partial charge in [0.05, 0.1) is 13.2 Å². The first kappa shape index (κ1) is 9.39. The smallest absolute Gasteiger partial charge is 0.174 e. The second-order valence-electron chi connectivity index (χ2n) is 2.51. The van der Waals surface area contributed by atoms with Gasteiger partial charge in [0.1, 0.15) is 5.51 Å². The zero-order chi connectivity index (χ0) is 8.93. The molecular formula is C7H10N2O2S2. The minimum Gasteiger partial charge on any atom is -0.350 e. The quantitative estimate of drug-likeness (QED) is 0.715. The Morgan fingerprint density at radius 1 is 1.54 bits per heavy atom. The van der Waals surface area contributed by atoms with E-state index in [4.69, 9.17) is 9.47 Å². The van der Waals surface area contributed by atoms with E-state index < -0.39 is 0 Å². The molecule has 1 fully saturated rings. The Labute approximate surface area is 84.6 Å². The molecule has 1 aromatic rings. The van der Waals surface area contributed by atoms with Crippen LogP contribution >= 0.6 is 23.1 Å². The summed E-state index contributed by atoms with van der Waals surface area (Å²) in [6.07, 6.45) is 0.921. The second kappa shape index (κ2) is 4.90. The summed E-state index contributed by atoms with van der Waals surface area (Å²) >= 11 is 3.26. The molecule has 0 bridgehead atoms. The monoisotopic (exact) mass is 218 g/mol. The summed E-state index contributed by atoms with van der Waals surface area (Å²) in [5.74, 6) is 0.972. The maximum Gasteiger partial charge on any atom is 0.174 e. The summed E-state index contributed by atoms with van der Waals surface area (Å²) in [5, 5.41) is 7.69. The fraction of sp³-hybridized carbons (Fsp3) is 0.714. The van der Waals surface area contributed by atoms with Crippen LogP contribution in [0.5, 0.6) is 0 Å². The van der Waals surface area contributed by atoms with Crippen LogP contribution in [-0.2, 0) is 9.47 Å². The molecule has 0 atom stereocenters. The first-order chi connectivity index (χ1) is 6.45. The third kappa shape index (κ3) is 2.91. The molecule has 6 heteroatoms. The first-order valence-corrected chi connectivity index (χ1v) is 5.94. The lowest BCUT2D eigenvalue weighted by molar-refractivity contribution is -0.0421. The molecule has 0 aromatic carbocycles. The van der Waals surface area contributed by atoms with Crippen molar-refractivity contribution in [2.24, 2.45) is 0 Å². The fourth-order valence-corrected chi connectivity index (χ4v) is 2.56. The van der Waals surface area contributed by atoms with E-state index in [0.29, 0.717) is 0 Å². The molecule has 2 heterocycles. The Morgan fingerprint density at radius 2 is 2.38 bits per heavy atom. The van der Waals surface area contributed by atoms with Crippen molar-refractivity contribution in [2.75, 3.05) is 19.0 Å². The third-order valence-electron chi connectivity index (χ3n) is 1.61. The number of aromatic nitrogens is 2. The minimum absolute atomic E-state index is 0.000390. The average molecular weight is 218 g/mol. The number of nitrogens with zero attached hydrogens (tertiary/aromatic N) is 2. The lowest BCUT2D eigenvalue weighted by Gasteiger charge is -2.06. The fourth-order valence-electron chi connectivity index (χ4n) is 1.04. The predicted molar refractivity (Wildman–Crippen MR) is 50.9 cm³/mol. The molecule has 0 aliphatic carbocycles. The van der Waals surface area contributed by atoms with E-state index in [1.807, 2.05) is 0 Å². The lowest BCUT2D eigenvalue weighted by Crippen LogP contribution is -2.08. The van der Waals surface area contributed by atoms with Crippen molar-refractivity contribution in [3.63, 3.8) is 0 Å². The topological polar surface area (TPSA) is 44.2 Å². The van der Waals surface area contributed by atoms with Crippen LogP contribution in [0.3, 0.4) is 0 Å². The summed E-state index contributed by atoms with van der Waals surface area (Å²) in [7, 11) is 0. The summed E-state index contributed by atoms with van der Waals surface area (Å²) < 4.78 is 11.6. The molecule has 1 aliphatic rings. The summed E-state index contributed by atoms with van der Waals surface area (Å²) in [6.45, 7) is 1.46. The van der Waals surface area contributed by atoms with Crippen LogP contribution in [0.25, 0.3) is 0 Å². The van der Waals surface area contributed by atoms with Gasteiger partial charge in [-0.1, -0.05) is 23.1 Å². The highest BCUT2D eigenvalue weighted by atomic mass is 32.2. The van der Waals surface area contributed by atoms with E-state index in [9.17, 15) is 0 Å². The standard InChI is InChI=1S/C7H10N2O2S2/c1(6-10-2-3-11-6)4-12-7-9-8-5-13-7/h5-6H,1-4H2. The predicted octanol–water partition coefficient (Wildman–Crippen LogP) is 1.39. The molecule has 0 N–H and O–H groups in total. The third-order valence-corrected chi connectivity index (χ3v) is 3.50.